The lowest BCUT2D eigenvalue weighted by Crippen LogP contribution is -1.94. The van der Waals surface area contributed by atoms with Crippen molar-refractivity contribution in [3.8, 4) is 23.6 Å². The minimum absolute atomic E-state index is 0.321. The Morgan fingerprint density at radius 1 is 0.947 bits per heavy atom. The molecule has 2 rings (SSSR count). The maximum atomic E-state index is 9.10. The molecule has 0 aliphatic carbocycles. The van der Waals surface area contributed by atoms with Crippen molar-refractivity contribution in [1.29, 1.82) is 10.5 Å². The second-order valence-electron chi connectivity index (χ2n) is 4.28. The Bertz CT molecular complexity index is 673. The monoisotopic (exact) mass is 248 g/mol. The van der Waals surface area contributed by atoms with Gasteiger partial charge in [0.1, 0.15) is 17.9 Å². The van der Waals surface area contributed by atoms with Gasteiger partial charge < -0.3 is 4.74 Å². The summed E-state index contributed by atoms with van der Waals surface area (Å²) in [5, 5.41) is 18.2. The van der Waals surface area contributed by atoms with E-state index in [0.29, 0.717) is 22.6 Å². The van der Waals surface area contributed by atoms with E-state index in [9.17, 15) is 0 Å². The standard InChI is InChI=1S/C16H12N2O/c1-11-6-7-12(2)15(8-11)19-16-13(9-17)4-3-5-14(16)10-18/h3-8H,1-2H3. The predicted octanol–water partition coefficient (Wildman–Crippen LogP) is 3.84. The maximum Gasteiger partial charge on any atom is 0.162 e. The van der Waals surface area contributed by atoms with Crippen LogP contribution in [0, 0.1) is 36.5 Å². The molecule has 0 aliphatic rings. The van der Waals surface area contributed by atoms with Crippen molar-refractivity contribution >= 4 is 0 Å². The lowest BCUT2D eigenvalue weighted by Gasteiger charge is -2.11. The van der Waals surface area contributed by atoms with E-state index in [1.165, 1.54) is 0 Å². The number of para-hydroxylation sites is 1. The van der Waals surface area contributed by atoms with Gasteiger partial charge in [0.05, 0.1) is 11.1 Å². The number of hydrogen-bond acceptors (Lipinski definition) is 3. The summed E-state index contributed by atoms with van der Waals surface area (Å²) in [6.45, 7) is 3.89. The first-order valence-electron chi connectivity index (χ1n) is 5.84. The third-order valence-electron chi connectivity index (χ3n) is 2.81. The normalized spacial score (nSPS) is 9.47. The van der Waals surface area contributed by atoms with Crippen LogP contribution in [0.3, 0.4) is 0 Å². The van der Waals surface area contributed by atoms with E-state index in [1.807, 2.05) is 44.2 Å². The van der Waals surface area contributed by atoms with Crippen molar-refractivity contribution in [1.82, 2.24) is 0 Å². The van der Waals surface area contributed by atoms with Crippen LogP contribution in [0.15, 0.2) is 36.4 Å². The van der Waals surface area contributed by atoms with Crippen molar-refractivity contribution in [3.05, 3.63) is 58.7 Å². The van der Waals surface area contributed by atoms with Gasteiger partial charge in [-0.05, 0) is 43.2 Å². The highest BCUT2D eigenvalue weighted by Crippen LogP contribution is 2.31. The highest BCUT2D eigenvalue weighted by atomic mass is 16.5. The van der Waals surface area contributed by atoms with Crippen LogP contribution in [0.25, 0.3) is 0 Å². The number of benzene rings is 2. The van der Waals surface area contributed by atoms with Gasteiger partial charge in [0, 0.05) is 0 Å². The molecule has 0 aromatic heterocycles. The van der Waals surface area contributed by atoms with Crippen molar-refractivity contribution in [2.45, 2.75) is 13.8 Å². The molecule has 0 amide bonds. The third kappa shape index (κ3) is 2.56. The van der Waals surface area contributed by atoms with Crippen LogP contribution in [-0.4, -0.2) is 0 Å². The van der Waals surface area contributed by atoms with Crippen LogP contribution < -0.4 is 4.74 Å². The fraction of sp³-hybridized carbons (Fsp3) is 0.125. The second kappa shape index (κ2) is 5.25. The van der Waals surface area contributed by atoms with Crippen molar-refractivity contribution in [3.63, 3.8) is 0 Å². The molecule has 0 bridgehead atoms. The molecular formula is C16H12N2O. The number of aryl methyl sites for hydroxylation is 2. The van der Waals surface area contributed by atoms with Gasteiger partial charge in [-0.15, -0.1) is 0 Å². The van der Waals surface area contributed by atoms with E-state index >= 15 is 0 Å². The number of nitrogens with zero attached hydrogens (tertiary/aromatic N) is 2. The lowest BCUT2D eigenvalue weighted by atomic mass is 10.1. The molecule has 0 N–H and O–H groups in total. The first kappa shape index (κ1) is 12.7. The van der Waals surface area contributed by atoms with Gasteiger partial charge in [-0.3, -0.25) is 0 Å². The highest BCUT2D eigenvalue weighted by molar-refractivity contribution is 5.55. The van der Waals surface area contributed by atoms with E-state index in [4.69, 9.17) is 15.3 Å². The zero-order chi connectivity index (χ0) is 13.8. The number of nitriles is 2. The summed E-state index contributed by atoms with van der Waals surface area (Å²) in [4.78, 5) is 0. The van der Waals surface area contributed by atoms with E-state index in [-0.39, 0.29) is 0 Å². The maximum absolute atomic E-state index is 9.10. The van der Waals surface area contributed by atoms with Crippen molar-refractivity contribution in [2.24, 2.45) is 0 Å². The molecule has 0 spiro atoms. The van der Waals surface area contributed by atoms with E-state index in [2.05, 4.69) is 0 Å². The molecule has 0 unspecified atom stereocenters. The van der Waals surface area contributed by atoms with Gasteiger partial charge in [0.25, 0.3) is 0 Å². The van der Waals surface area contributed by atoms with Crippen LogP contribution in [0.2, 0.25) is 0 Å². The zero-order valence-electron chi connectivity index (χ0n) is 10.8. The van der Waals surface area contributed by atoms with Crippen molar-refractivity contribution in [2.75, 3.05) is 0 Å². The fourth-order valence-electron chi connectivity index (χ4n) is 1.75. The zero-order valence-corrected chi connectivity index (χ0v) is 10.8. The Morgan fingerprint density at radius 2 is 1.58 bits per heavy atom. The molecule has 2 aromatic rings. The molecule has 2 aromatic carbocycles. The molecule has 92 valence electrons. The minimum atomic E-state index is 0.321. The summed E-state index contributed by atoms with van der Waals surface area (Å²) in [5.41, 5.74) is 2.75. The first-order valence-corrected chi connectivity index (χ1v) is 5.84. The number of hydrogen-bond donors (Lipinski definition) is 0. The van der Waals surface area contributed by atoms with Gasteiger partial charge in [0.2, 0.25) is 0 Å². The third-order valence-corrected chi connectivity index (χ3v) is 2.81. The van der Waals surface area contributed by atoms with E-state index < -0.39 is 0 Å². The summed E-state index contributed by atoms with van der Waals surface area (Å²) in [6.07, 6.45) is 0. The van der Waals surface area contributed by atoms with Crippen LogP contribution in [0.5, 0.6) is 11.5 Å². The molecule has 0 heterocycles. The Hall–Kier alpha value is -2.78. The predicted molar refractivity (Wildman–Crippen MR) is 71.9 cm³/mol. The Balaban J connectivity index is 2.52. The summed E-state index contributed by atoms with van der Waals surface area (Å²) < 4.78 is 5.79. The quantitative estimate of drug-likeness (QED) is 0.811. The Labute approximate surface area is 112 Å². The highest BCUT2D eigenvalue weighted by Gasteiger charge is 2.11. The topological polar surface area (TPSA) is 56.8 Å². The molecule has 0 atom stereocenters. The summed E-state index contributed by atoms with van der Waals surface area (Å²) >= 11 is 0. The minimum Gasteiger partial charge on any atom is -0.454 e. The Kier molecular flexibility index (Phi) is 3.50. The lowest BCUT2D eigenvalue weighted by molar-refractivity contribution is 0.475. The summed E-state index contributed by atoms with van der Waals surface area (Å²) in [7, 11) is 0. The summed E-state index contributed by atoms with van der Waals surface area (Å²) in [5.74, 6) is 0.986. The molecule has 0 aliphatic heterocycles. The van der Waals surface area contributed by atoms with E-state index in [1.54, 1.807) is 18.2 Å². The molecule has 0 fully saturated rings. The van der Waals surface area contributed by atoms with Crippen LogP contribution in [0.4, 0.5) is 0 Å². The second-order valence-corrected chi connectivity index (χ2v) is 4.28. The average Bonchev–Trinajstić information content (AvgIpc) is 2.43. The number of rotatable bonds is 2. The molecule has 3 heteroatoms. The molecule has 0 saturated carbocycles. The number of ether oxygens (including phenoxy) is 1. The van der Waals surface area contributed by atoms with Gasteiger partial charge in [-0.2, -0.15) is 10.5 Å². The average molecular weight is 248 g/mol. The van der Waals surface area contributed by atoms with Crippen LogP contribution in [-0.2, 0) is 0 Å². The SMILES string of the molecule is Cc1ccc(C)c(Oc2c(C#N)cccc2C#N)c1. The molecule has 0 radical (unpaired) electrons. The van der Waals surface area contributed by atoms with Gasteiger partial charge in [-0.25, -0.2) is 0 Å². The Morgan fingerprint density at radius 3 is 2.16 bits per heavy atom. The summed E-state index contributed by atoms with van der Waals surface area (Å²) in [6, 6.07) is 14.9. The van der Waals surface area contributed by atoms with Gasteiger partial charge >= 0.3 is 0 Å². The van der Waals surface area contributed by atoms with Gasteiger partial charge in [0.15, 0.2) is 5.75 Å². The van der Waals surface area contributed by atoms with Crippen LogP contribution in [0.1, 0.15) is 22.3 Å². The van der Waals surface area contributed by atoms with Crippen molar-refractivity contribution < 1.29 is 4.74 Å². The van der Waals surface area contributed by atoms with E-state index in [0.717, 1.165) is 11.1 Å². The molecule has 3 nitrogen and oxygen atoms in total. The van der Waals surface area contributed by atoms with Gasteiger partial charge in [-0.1, -0.05) is 18.2 Å². The first-order chi connectivity index (χ1) is 9.15. The van der Waals surface area contributed by atoms with Crippen LogP contribution >= 0.6 is 0 Å². The molecule has 19 heavy (non-hydrogen) atoms. The smallest absolute Gasteiger partial charge is 0.162 e. The molecule has 0 saturated heterocycles. The molecular weight excluding hydrogens is 236 g/mol. The fourth-order valence-corrected chi connectivity index (χ4v) is 1.75. The largest absolute Gasteiger partial charge is 0.454 e.